The predicted molar refractivity (Wildman–Crippen MR) is 98.9 cm³/mol. The zero-order valence-corrected chi connectivity index (χ0v) is 15.7. The minimum absolute atomic E-state index is 0.0537. The number of thiophene rings is 1. The number of carbonyl (C=O) groups is 1. The van der Waals surface area contributed by atoms with Gasteiger partial charge < -0.3 is 14.2 Å². The molecule has 0 unspecified atom stereocenters. The second kappa shape index (κ2) is 7.26. The first-order valence-electron chi connectivity index (χ1n) is 7.82. The Bertz CT molecular complexity index is 923. The highest BCUT2D eigenvalue weighted by Gasteiger charge is 2.35. The lowest BCUT2D eigenvalue weighted by Crippen LogP contribution is -2.50. The molecule has 3 aromatic rings. The summed E-state index contributed by atoms with van der Waals surface area (Å²) in [6.07, 6.45) is 0. The minimum Gasteiger partial charge on any atom is -0.482 e. The van der Waals surface area contributed by atoms with E-state index in [9.17, 15) is 4.79 Å². The third kappa shape index (κ3) is 3.56. The Balaban J connectivity index is 1.29. The molecule has 6 nitrogen and oxygen atoms in total. The summed E-state index contributed by atoms with van der Waals surface area (Å²) in [4.78, 5) is 18.3. The van der Waals surface area contributed by atoms with Crippen LogP contribution in [0.3, 0.4) is 0 Å². The van der Waals surface area contributed by atoms with Gasteiger partial charge in [-0.15, -0.1) is 0 Å². The van der Waals surface area contributed by atoms with Crippen LogP contribution in [-0.4, -0.2) is 40.6 Å². The molecule has 0 spiro atoms. The molecule has 0 N–H and O–H groups in total. The van der Waals surface area contributed by atoms with Gasteiger partial charge in [0.25, 0.3) is 5.91 Å². The second-order valence-electron chi connectivity index (χ2n) is 5.83. The molecular formula is C17H13Cl2N3O3S. The van der Waals surface area contributed by atoms with Crippen molar-refractivity contribution < 1.29 is 14.1 Å². The summed E-state index contributed by atoms with van der Waals surface area (Å²) >= 11 is 13.4. The quantitative estimate of drug-likeness (QED) is 0.633. The third-order valence-corrected chi connectivity index (χ3v) is 5.26. The first-order valence-corrected chi connectivity index (χ1v) is 9.52. The number of halogens is 2. The Morgan fingerprint density at radius 3 is 2.92 bits per heavy atom. The maximum absolute atomic E-state index is 12.2. The van der Waals surface area contributed by atoms with Gasteiger partial charge in [-0.25, -0.2) is 0 Å². The maximum Gasteiger partial charge on any atom is 0.260 e. The Hall–Kier alpha value is -2.09. The number of carbonyl (C=O) groups excluding carboxylic acids is 1. The molecule has 0 saturated carbocycles. The molecule has 1 saturated heterocycles. The predicted octanol–water partition coefficient (Wildman–Crippen LogP) is 4.11. The van der Waals surface area contributed by atoms with Gasteiger partial charge in [0, 0.05) is 29.1 Å². The SMILES string of the molecule is O=C(COc1ccc(Cl)cc1Cl)N1CC(c2nc(-c3ccsc3)no2)C1. The van der Waals surface area contributed by atoms with E-state index >= 15 is 0 Å². The lowest BCUT2D eigenvalue weighted by molar-refractivity contribution is -0.138. The van der Waals surface area contributed by atoms with Crippen molar-refractivity contribution in [2.75, 3.05) is 19.7 Å². The van der Waals surface area contributed by atoms with Gasteiger partial charge in [0.05, 0.1) is 10.9 Å². The van der Waals surface area contributed by atoms with Crippen LogP contribution in [0, 0.1) is 0 Å². The highest BCUT2D eigenvalue weighted by molar-refractivity contribution is 7.08. The topological polar surface area (TPSA) is 68.5 Å². The van der Waals surface area contributed by atoms with Crippen LogP contribution in [-0.2, 0) is 4.79 Å². The molecule has 1 aromatic carbocycles. The van der Waals surface area contributed by atoms with Crippen LogP contribution in [0.25, 0.3) is 11.4 Å². The van der Waals surface area contributed by atoms with Crippen LogP contribution in [0.4, 0.5) is 0 Å². The monoisotopic (exact) mass is 409 g/mol. The summed E-state index contributed by atoms with van der Waals surface area (Å²) in [7, 11) is 0. The number of likely N-dealkylation sites (tertiary alicyclic amines) is 1. The van der Waals surface area contributed by atoms with Crippen LogP contribution in [0.2, 0.25) is 10.0 Å². The molecule has 1 amide bonds. The summed E-state index contributed by atoms with van der Waals surface area (Å²) in [5.41, 5.74) is 0.936. The van der Waals surface area contributed by atoms with Gasteiger partial charge in [-0.05, 0) is 29.6 Å². The third-order valence-electron chi connectivity index (χ3n) is 4.05. The summed E-state index contributed by atoms with van der Waals surface area (Å²) in [5, 5.41) is 8.80. The number of hydrogen-bond donors (Lipinski definition) is 0. The number of ether oxygens (including phenoxy) is 1. The van der Waals surface area contributed by atoms with Gasteiger partial charge in [-0.1, -0.05) is 28.4 Å². The molecule has 134 valence electrons. The van der Waals surface area contributed by atoms with E-state index in [4.69, 9.17) is 32.5 Å². The average Bonchev–Trinajstić information content (AvgIpc) is 3.24. The molecule has 2 aromatic heterocycles. The van der Waals surface area contributed by atoms with Gasteiger partial charge >= 0.3 is 0 Å². The van der Waals surface area contributed by atoms with Crippen molar-refractivity contribution in [1.82, 2.24) is 15.0 Å². The van der Waals surface area contributed by atoms with Crippen LogP contribution in [0.15, 0.2) is 39.5 Å². The van der Waals surface area contributed by atoms with Gasteiger partial charge in [0.1, 0.15) is 5.75 Å². The molecule has 9 heteroatoms. The standard InChI is InChI=1S/C17H13Cl2N3O3S/c18-12-1-2-14(13(19)5-12)24-8-15(23)22-6-11(7-22)17-20-16(21-25-17)10-3-4-26-9-10/h1-5,9,11H,6-8H2. The number of benzene rings is 1. The fourth-order valence-corrected chi connectivity index (χ4v) is 3.67. The summed E-state index contributed by atoms with van der Waals surface area (Å²) in [6.45, 7) is 0.974. The molecule has 1 aliphatic heterocycles. The molecule has 0 aliphatic carbocycles. The minimum atomic E-state index is -0.121. The van der Waals surface area contributed by atoms with Crippen molar-refractivity contribution in [2.45, 2.75) is 5.92 Å². The molecule has 0 atom stereocenters. The fraction of sp³-hybridized carbons (Fsp3) is 0.235. The van der Waals surface area contributed by atoms with Crippen LogP contribution >= 0.6 is 34.5 Å². The Morgan fingerprint density at radius 1 is 1.35 bits per heavy atom. The van der Waals surface area contributed by atoms with Gasteiger partial charge in [0.15, 0.2) is 6.61 Å². The first kappa shape index (κ1) is 17.3. The van der Waals surface area contributed by atoms with Crippen molar-refractivity contribution in [3.05, 3.63) is 51.0 Å². The Labute approximate surface area is 163 Å². The highest BCUT2D eigenvalue weighted by Crippen LogP contribution is 2.30. The molecular weight excluding hydrogens is 397 g/mol. The largest absolute Gasteiger partial charge is 0.482 e. The second-order valence-corrected chi connectivity index (χ2v) is 7.45. The van der Waals surface area contributed by atoms with E-state index in [-0.39, 0.29) is 18.4 Å². The Kier molecular flexibility index (Phi) is 4.84. The van der Waals surface area contributed by atoms with E-state index < -0.39 is 0 Å². The molecule has 4 rings (SSSR count). The van der Waals surface area contributed by atoms with E-state index in [1.165, 1.54) is 0 Å². The lowest BCUT2D eigenvalue weighted by atomic mass is 10.0. The van der Waals surface area contributed by atoms with Crippen molar-refractivity contribution in [3.63, 3.8) is 0 Å². The molecule has 26 heavy (non-hydrogen) atoms. The van der Waals surface area contributed by atoms with Crippen LogP contribution in [0.5, 0.6) is 5.75 Å². The number of amides is 1. The van der Waals surface area contributed by atoms with Gasteiger partial charge in [-0.3, -0.25) is 4.79 Å². The Morgan fingerprint density at radius 2 is 2.19 bits per heavy atom. The molecule has 1 fully saturated rings. The van der Waals surface area contributed by atoms with Crippen molar-refractivity contribution >= 4 is 40.4 Å². The van der Waals surface area contributed by atoms with E-state index in [0.29, 0.717) is 40.6 Å². The smallest absolute Gasteiger partial charge is 0.260 e. The van der Waals surface area contributed by atoms with Crippen molar-refractivity contribution in [3.8, 4) is 17.1 Å². The molecule has 0 bridgehead atoms. The maximum atomic E-state index is 12.2. The zero-order valence-electron chi connectivity index (χ0n) is 13.4. The summed E-state index contributed by atoms with van der Waals surface area (Å²) < 4.78 is 10.8. The zero-order chi connectivity index (χ0) is 18.1. The molecule has 3 heterocycles. The van der Waals surface area contributed by atoms with E-state index in [1.807, 2.05) is 16.8 Å². The van der Waals surface area contributed by atoms with E-state index in [1.54, 1.807) is 34.4 Å². The van der Waals surface area contributed by atoms with Crippen LogP contribution in [0.1, 0.15) is 11.8 Å². The van der Waals surface area contributed by atoms with Crippen LogP contribution < -0.4 is 4.74 Å². The average molecular weight is 410 g/mol. The van der Waals surface area contributed by atoms with Gasteiger partial charge in [-0.2, -0.15) is 16.3 Å². The fourth-order valence-electron chi connectivity index (χ4n) is 2.57. The normalized spacial score (nSPS) is 14.3. The highest BCUT2D eigenvalue weighted by atomic mass is 35.5. The number of aromatic nitrogens is 2. The molecule has 1 aliphatic rings. The van der Waals surface area contributed by atoms with Crippen molar-refractivity contribution in [2.24, 2.45) is 0 Å². The van der Waals surface area contributed by atoms with E-state index in [2.05, 4.69) is 10.1 Å². The van der Waals surface area contributed by atoms with Crippen molar-refractivity contribution in [1.29, 1.82) is 0 Å². The summed E-state index contributed by atoms with van der Waals surface area (Å²) in [5.74, 6) is 1.49. The number of rotatable bonds is 5. The molecule has 0 radical (unpaired) electrons. The number of hydrogen-bond acceptors (Lipinski definition) is 6. The lowest BCUT2D eigenvalue weighted by Gasteiger charge is -2.36. The summed E-state index contributed by atoms with van der Waals surface area (Å²) in [6, 6.07) is 6.81. The first-order chi connectivity index (χ1) is 12.6. The number of nitrogens with zero attached hydrogens (tertiary/aromatic N) is 3. The van der Waals surface area contributed by atoms with Gasteiger partial charge in [0.2, 0.25) is 11.7 Å². The van der Waals surface area contributed by atoms with E-state index in [0.717, 1.165) is 5.56 Å².